The fourth-order valence-corrected chi connectivity index (χ4v) is 1.53. The molecular formula is C15H24N2O2. The van der Waals surface area contributed by atoms with Gasteiger partial charge >= 0.3 is 0 Å². The molecule has 4 nitrogen and oxygen atoms in total. The van der Waals surface area contributed by atoms with Crippen molar-refractivity contribution in [2.24, 2.45) is 5.41 Å². The van der Waals surface area contributed by atoms with Crippen LogP contribution in [0.4, 0.5) is 11.4 Å². The molecule has 0 aliphatic rings. The molecule has 0 radical (unpaired) electrons. The average Bonchev–Trinajstić information content (AvgIpc) is 2.46. The Morgan fingerprint density at radius 1 is 1.21 bits per heavy atom. The Bertz CT molecular complexity index is 397. The van der Waals surface area contributed by atoms with Gasteiger partial charge in [0.25, 0.3) is 0 Å². The molecule has 106 valence electrons. The molecular weight excluding hydrogens is 240 g/mol. The van der Waals surface area contributed by atoms with Crippen LogP contribution in [0.5, 0.6) is 0 Å². The first-order valence-electron chi connectivity index (χ1n) is 6.77. The predicted octanol–water partition coefficient (Wildman–Crippen LogP) is 2.86. The molecule has 0 aromatic heterocycles. The van der Waals surface area contributed by atoms with Gasteiger partial charge in [0.05, 0.1) is 6.61 Å². The van der Waals surface area contributed by atoms with Crippen LogP contribution in [0.1, 0.15) is 33.6 Å². The van der Waals surface area contributed by atoms with Crippen LogP contribution in [0.15, 0.2) is 24.3 Å². The van der Waals surface area contributed by atoms with Gasteiger partial charge < -0.3 is 15.7 Å². The van der Waals surface area contributed by atoms with Gasteiger partial charge in [-0.15, -0.1) is 0 Å². The molecule has 19 heavy (non-hydrogen) atoms. The molecule has 0 saturated heterocycles. The molecule has 1 aromatic carbocycles. The van der Waals surface area contributed by atoms with Crippen molar-refractivity contribution in [2.45, 2.75) is 33.6 Å². The number of hydrogen-bond acceptors (Lipinski definition) is 3. The fourth-order valence-electron chi connectivity index (χ4n) is 1.53. The number of nitrogens with one attached hydrogen (secondary N) is 2. The SMILES string of the molecule is CCC(=O)Nc1ccc(NCC(C)(CC)CO)cc1. The maximum absolute atomic E-state index is 11.2. The number of hydrogen-bond donors (Lipinski definition) is 3. The Kier molecular flexibility index (Phi) is 5.83. The fraction of sp³-hybridized carbons (Fsp3) is 0.533. The summed E-state index contributed by atoms with van der Waals surface area (Å²) in [6, 6.07) is 7.60. The van der Waals surface area contributed by atoms with Crippen LogP contribution >= 0.6 is 0 Å². The van der Waals surface area contributed by atoms with Crippen molar-refractivity contribution in [1.82, 2.24) is 0 Å². The lowest BCUT2D eigenvalue weighted by molar-refractivity contribution is -0.115. The average molecular weight is 264 g/mol. The third-order valence-corrected chi connectivity index (χ3v) is 3.44. The zero-order valence-corrected chi connectivity index (χ0v) is 12.0. The minimum absolute atomic E-state index is 0.0135. The van der Waals surface area contributed by atoms with E-state index in [0.29, 0.717) is 6.42 Å². The second-order valence-corrected chi connectivity index (χ2v) is 5.15. The van der Waals surface area contributed by atoms with Gasteiger partial charge in [-0.1, -0.05) is 20.8 Å². The summed E-state index contributed by atoms with van der Waals surface area (Å²) >= 11 is 0. The van der Waals surface area contributed by atoms with Crippen molar-refractivity contribution < 1.29 is 9.90 Å². The highest BCUT2D eigenvalue weighted by molar-refractivity contribution is 5.90. The Hall–Kier alpha value is -1.55. The van der Waals surface area contributed by atoms with Crippen molar-refractivity contribution in [1.29, 1.82) is 0 Å². The van der Waals surface area contributed by atoms with E-state index in [0.717, 1.165) is 24.3 Å². The van der Waals surface area contributed by atoms with Crippen molar-refractivity contribution >= 4 is 17.3 Å². The maximum atomic E-state index is 11.2. The van der Waals surface area contributed by atoms with Crippen molar-refractivity contribution in [3.05, 3.63) is 24.3 Å². The zero-order valence-electron chi connectivity index (χ0n) is 12.0. The molecule has 0 fully saturated rings. The van der Waals surface area contributed by atoms with E-state index in [4.69, 9.17) is 0 Å². The molecule has 0 bridgehead atoms. The van der Waals surface area contributed by atoms with Gasteiger partial charge in [-0.2, -0.15) is 0 Å². The van der Waals surface area contributed by atoms with Crippen LogP contribution in [-0.2, 0) is 4.79 Å². The highest BCUT2D eigenvalue weighted by Crippen LogP contribution is 2.21. The van der Waals surface area contributed by atoms with E-state index >= 15 is 0 Å². The topological polar surface area (TPSA) is 61.4 Å². The van der Waals surface area contributed by atoms with E-state index in [2.05, 4.69) is 24.5 Å². The van der Waals surface area contributed by atoms with Gasteiger partial charge in [-0.25, -0.2) is 0 Å². The number of rotatable bonds is 7. The summed E-state index contributed by atoms with van der Waals surface area (Å²) < 4.78 is 0. The lowest BCUT2D eigenvalue weighted by Gasteiger charge is -2.26. The molecule has 0 aliphatic carbocycles. The minimum atomic E-state index is -0.102. The van der Waals surface area contributed by atoms with Crippen LogP contribution in [0.25, 0.3) is 0 Å². The summed E-state index contributed by atoms with van der Waals surface area (Å²) in [5.74, 6) is 0.0135. The van der Waals surface area contributed by atoms with Gasteiger partial charge in [0.2, 0.25) is 5.91 Å². The normalized spacial score (nSPS) is 13.7. The molecule has 0 aliphatic heterocycles. The summed E-state index contributed by atoms with van der Waals surface area (Å²) in [6.45, 7) is 6.84. The minimum Gasteiger partial charge on any atom is -0.396 e. The Balaban J connectivity index is 2.55. The Morgan fingerprint density at radius 2 is 1.79 bits per heavy atom. The summed E-state index contributed by atoms with van der Waals surface area (Å²) in [6.07, 6.45) is 1.40. The monoisotopic (exact) mass is 264 g/mol. The first-order chi connectivity index (χ1) is 9.03. The number of carbonyl (C=O) groups is 1. The van der Waals surface area contributed by atoms with Gasteiger partial charge in [-0.3, -0.25) is 4.79 Å². The molecule has 0 spiro atoms. The molecule has 4 heteroatoms. The van der Waals surface area contributed by atoms with E-state index < -0.39 is 0 Å². The maximum Gasteiger partial charge on any atom is 0.224 e. The van der Waals surface area contributed by atoms with E-state index in [1.54, 1.807) is 0 Å². The van der Waals surface area contributed by atoms with Gasteiger partial charge in [0, 0.05) is 29.8 Å². The van der Waals surface area contributed by atoms with Crippen LogP contribution in [0.3, 0.4) is 0 Å². The lowest BCUT2D eigenvalue weighted by atomic mass is 9.88. The quantitative estimate of drug-likeness (QED) is 0.709. The number of carbonyl (C=O) groups excluding carboxylic acids is 1. The smallest absolute Gasteiger partial charge is 0.224 e. The van der Waals surface area contributed by atoms with E-state index in [-0.39, 0.29) is 17.9 Å². The third-order valence-electron chi connectivity index (χ3n) is 3.44. The first-order valence-corrected chi connectivity index (χ1v) is 6.77. The summed E-state index contributed by atoms with van der Waals surface area (Å²) in [5, 5.41) is 15.5. The molecule has 3 N–H and O–H groups in total. The molecule has 0 heterocycles. The number of amides is 1. The number of anilines is 2. The Labute approximate surface area is 115 Å². The van der Waals surface area contributed by atoms with Crippen LogP contribution < -0.4 is 10.6 Å². The highest BCUT2D eigenvalue weighted by atomic mass is 16.3. The van der Waals surface area contributed by atoms with Crippen molar-refractivity contribution in [3.63, 3.8) is 0 Å². The Morgan fingerprint density at radius 3 is 2.26 bits per heavy atom. The van der Waals surface area contributed by atoms with E-state index in [1.807, 2.05) is 31.2 Å². The van der Waals surface area contributed by atoms with Crippen molar-refractivity contribution in [2.75, 3.05) is 23.8 Å². The molecule has 1 aromatic rings. The van der Waals surface area contributed by atoms with Crippen LogP contribution in [0.2, 0.25) is 0 Å². The molecule has 1 atom stereocenters. The summed E-state index contributed by atoms with van der Waals surface area (Å²) in [4.78, 5) is 11.2. The molecule has 1 rings (SSSR count). The molecule has 0 saturated carbocycles. The largest absolute Gasteiger partial charge is 0.396 e. The third kappa shape index (κ3) is 4.91. The molecule has 1 unspecified atom stereocenters. The standard InChI is InChI=1S/C15H24N2O2/c1-4-14(19)17-13-8-6-12(7-9-13)16-10-15(3,5-2)11-18/h6-9,16,18H,4-5,10-11H2,1-3H3,(H,17,19). The highest BCUT2D eigenvalue weighted by Gasteiger charge is 2.20. The van der Waals surface area contributed by atoms with E-state index in [1.165, 1.54) is 0 Å². The first kappa shape index (κ1) is 15.5. The van der Waals surface area contributed by atoms with Gasteiger partial charge in [0.1, 0.15) is 0 Å². The van der Waals surface area contributed by atoms with E-state index in [9.17, 15) is 9.90 Å². The predicted molar refractivity (Wildman–Crippen MR) is 79.3 cm³/mol. The second-order valence-electron chi connectivity index (χ2n) is 5.15. The second kappa shape index (κ2) is 7.14. The van der Waals surface area contributed by atoms with Crippen LogP contribution in [0, 0.1) is 5.41 Å². The zero-order chi connectivity index (χ0) is 14.3. The van der Waals surface area contributed by atoms with Gasteiger partial charge in [0.15, 0.2) is 0 Å². The molecule has 1 amide bonds. The van der Waals surface area contributed by atoms with Crippen molar-refractivity contribution in [3.8, 4) is 0 Å². The number of benzene rings is 1. The summed E-state index contributed by atoms with van der Waals surface area (Å²) in [7, 11) is 0. The van der Waals surface area contributed by atoms with Gasteiger partial charge in [-0.05, 0) is 30.7 Å². The number of aliphatic hydroxyl groups is 1. The lowest BCUT2D eigenvalue weighted by Crippen LogP contribution is -2.29. The number of aliphatic hydroxyl groups excluding tert-OH is 1. The van der Waals surface area contributed by atoms with Crippen LogP contribution in [-0.4, -0.2) is 24.2 Å². The summed E-state index contributed by atoms with van der Waals surface area (Å²) in [5.41, 5.74) is 1.69.